The van der Waals surface area contributed by atoms with E-state index < -0.39 is 20.5 Å². The predicted molar refractivity (Wildman–Crippen MR) is 115 cm³/mol. The van der Waals surface area contributed by atoms with Crippen LogP contribution in [0.2, 0.25) is 0 Å². The highest BCUT2D eigenvalue weighted by Gasteiger charge is 2.52. The molecule has 0 unspecified atom stereocenters. The minimum Gasteiger partial charge on any atom is -0.325 e. The second kappa shape index (κ2) is 7.50. The van der Waals surface area contributed by atoms with Gasteiger partial charge in [0.1, 0.15) is 0 Å². The quantitative estimate of drug-likeness (QED) is 0.589. The molecule has 3 aromatic rings. The van der Waals surface area contributed by atoms with Gasteiger partial charge in [0.25, 0.3) is 0 Å². The van der Waals surface area contributed by atoms with Crippen molar-refractivity contribution in [3.63, 3.8) is 0 Å². The maximum absolute atomic E-state index is 13.4. The number of carbonyl (C=O) groups is 1. The van der Waals surface area contributed by atoms with Crippen LogP contribution in [-0.2, 0) is 14.6 Å². The molecular weight excluding hydrogens is 412 g/mol. The van der Waals surface area contributed by atoms with Gasteiger partial charge in [-0.1, -0.05) is 42.8 Å². The Kier molecular flexibility index (Phi) is 5.20. The minimum absolute atomic E-state index is 0.203. The molecule has 1 aliphatic rings. The van der Waals surface area contributed by atoms with Gasteiger partial charge in [0.15, 0.2) is 18.9 Å². The van der Waals surface area contributed by atoms with E-state index in [0.717, 1.165) is 27.4 Å². The molecular formula is C20H20N2O3S3. The molecule has 1 saturated carbocycles. The van der Waals surface area contributed by atoms with Crippen molar-refractivity contribution in [2.75, 3.05) is 11.6 Å². The number of nitrogens with zero attached hydrogens (tertiary/aromatic N) is 1. The van der Waals surface area contributed by atoms with Crippen LogP contribution in [0, 0.1) is 0 Å². The summed E-state index contributed by atoms with van der Waals surface area (Å²) in [4.78, 5) is 17.9. The van der Waals surface area contributed by atoms with Crippen molar-refractivity contribution in [1.29, 1.82) is 0 Å². The summed E-state index contributed by atoms with van der Waals surface area (Å²) in [6.45, 7) is 0. The van der Waals surface area contributed by atoms with E-state index >= 15 is 0 Å². The summed E-state index contributed by atoms with van der Waals surface area (Å²) >= 11 is 3.13. The van der Waals surface area contributed by atoms with Gasteiger partial charge in [-0.05, 0) is 49.4 Å². The lowest BCUT2D eigenvalue weighted by Crippen LogP contribution is -2.47. The first kappa shape index (κ1) is 19.4. The zero-order valence-electron chi connectivity index (χ0n) is 15.3. The molecule has 0 spiro atoms. The third kappa shape index (κ3) is 3.23. The van der Waals surface area contributed by atoms with Crippen LogP contribution in [-0.4, -0.2) is 30.3 Å². The number of hydrogen-bond acceptors (Lipinski definition) is 6. The van der Waals surface area contributed by atoms with Gasteiger partial charge in [0.05, 0.1) is 15.1 Å². The number of rotatable bonds is 5. The van der Waals surface area contributed by atoms with E-state index in [-0.39, 0.29) is 4.90 Å². The lowest BCUT2D eigenvalue weighted by atomic mass is 10.1. The highest BCUT2D eigenvalue weighted by atomic mass is 32.2. The summed E-state index contributed by atoms with van der Waals surface area (Å²) in [6, 6.07) is 13.8. The first-order chi connectivity index (χ1) is 13.5. The number of hydrogen-bond donors (Lipinski definition) is 1. The van der Waals surface area contributed by atoms with Crippen molar-refractivity contribution < 1.29 is 13.2 Å². The van der Waals surface area contributed by atoms with Crippen molar-refractivity contribution in [2.45, 2.75) is 39.7 Å². The SMILES string of the molecule is CSc1nc2ccc(NC(=O)C3(S(=O)(=O)c4ccccc4)CCCC3)cc2s1. The molecule has 8 heteroatoms. The molecule has 1 aromatic heterocycles. The first-order valence-electron chi connectivity index (χ1n) is 9.02. The third-order valence-corrected chi connectivity index (χ3v) is 9.71. The molecule has 1 N–H and O–H groups in total. The smallest absolute Gasteiger partial charge is 0.246 e. The average molecular weight is 433 g/mol. The lowest BCUT2D eigenvalue weighted by molar-refractivity contribution is -0.118. The number of fused-ring (bicyclic) bond motifs is 1. The number of anilines is 1. The van der Waals surface area contributed by atoms with Crippen LogP contribution >= 0.6 is 23.1 Å². The Morgan fingerprint density at radius 2 is 1.86 bits per heavy atom. The molecule has 146 valence electrons. The van der Waals surface area contributed by atoms with E-state index in [9.17, 15) is 13.2 Å². The molecule has 28 heavy (non-hydrogen) atoms. The number of thioether (sulfide) groups is 1. The second-order valence-corrected chi connectivity index (χ2v) is 11.2. The fourth-order valence-electron chi connectivity index (χ4n) is 3.70. The summed E-state index contributed by atoms with van der Waals surface area (Å²) < 4.78 is 27.2. The summed E-state index contributed by atoms with van der Waals surface area (Å²) in [5.41, 5.74) is 1.48. The Labute approximate surface area is 172 Å². The third-order valence-electron chi connectivity index (χ3n) is 5.19. The molecule has 1 amide bonds. The fourth-order valence-corrected chi connectivity index (χ4v) is 7.32. The first-order valence-corrected chi connectivity index (χ1v) is 12.5. The van der Waals surface area contributed by atoms with Gasteiger partial charge in [-0.15, -0.1) is 11.3 Å². The standard InChI is InChI=1S/C20H20N2O3S3/c1-26-19-22-16-10-9-14(13-17(16)27-19)21-18(23)20(11-5-6-12-20)28(24,25)15-7-3-2-4-8-15/h2-4,7-10,13H,5-6,11-12H2,1H3,(H,21,23). The number of benzene rings is 2. The topological polar surface area (TPSA) is 76.1 Å². The molecule has 0 aliphatic heterocycles. The maximum atomic E-state index is 13.4. The van der Waals surface area contributed by atoms with Crippen molar-refractivity contribution in [3.05, 3.63) is 48.5 Å². The second-order valence-electron chi connectivity index (χ2n) is 6.84. The Morgan fingerprint density at radius 3 is 2.54 bits per heavy atom. The largest absolute Gasteiger partial charge is 0.325 e. The Bertz CT molecular complexity index is 1120. The zero-order valence-corrected chi connectivity index (χ0v) is 17.8. The van der Waals surface area contributed by atoms with E-state index in [2.05, 4.69) is 10.3 Å². The van der Waals surface area contributed by atoms with Crippen LogP contribution in [0.15, 0.2) is 57.8 Å². The van der Waals surface area contributed by atoms with Gasteiger partial charge in [-0.3, -0.25) is 4.79 Å². The van der Waals surface area contributed by atoms with Crippen molar-refractivity contribution >= 4 is 54.7 Å². The molecule has 0 saturated heterocycles. The summed E-state index contributed by atoms with van der Waals surface area (Å²) in [5, 5.41) is 2.87. The van der Waals surface area contributed by atoms with E-state index in [1.54, 1.807) is 59.5 Å². The van der Waals surface area contributed by atoms with Crippen LogP contribution < -0.4 is 5.32 Å². The van der Waals surface area contributed by atoms with E-state index in [1.165, 1.54) is 0 Å². The summed E-state index contributed by atoms with van der Waals surface area (Å²) in [5.74, 6) is -0.442. The van der Waals surface area contributed by atoms with Gasteiger partial charge in [0, 0.05) is 5.69 Å². The Balaban J connectivity index is 1.68. The molecule has 0 atom stereocenters. The van der Waals surface area contributed by atoms with Crippen LogP contribution in [0.25, 0.3) is 10.2 Å². The van der Waals surface area contributed by atoms with Gasteiger partial charge < -0.3 is 5.32 Å². The number of aromatic nitrogens is 1. The van der Waals surface area contributed by atoms with Crippen LogP contribution in [0.5, 0.6) is 0 Å². The van der Waals surface area contributed by atoms with Gasteiger partial charge in [0.2, 0.25) is 5.91 Å². The van der Waals surface area contributed by atoms with Gasteiger partial charge in [-0.25, -0.2) is 13.4 Å². The van der Waals surface area contributed by atoms with Gasteiger partial charge in [-0.2, -0.15) is 0 Å². The van der Waals surface area contributed by atoms with Gasteiger partial charge >= 0.3 is 0 Å². The van der Waals surface area contributed by atoms with Crippen molar-refractivity contribution in [2.24, 2.45) is 0 Å². The van der Waals surface area contributed by atoms with Crippen LogP contribution in [0.3, 0.4) is 0 Å². The number of nitrogens with one attached hydrogen (secondary N) is 1. The number of amides is 1. The molecule has 2 aromatic carbocycles. The minimum atomic E-state index is -3.79. The average Bonchev–Trinajstić information content (AvgIpc) is 3.36. The highest BCUT2D eigenvalue weighted by molar-refractivity contribution is 8.00. The Hall–Kier alpha value is -1.90. The molecule has 0 radical (unpaired) electrons. The number of carbonyl (C=O) groups excluding carboxylic acids is 1. The summed E-state index contributed by atoms with van der Waals surface area (Å²) in [7, 11) is -3.79. The Morgan fingerprint density at radius 1 is 1.14 bits per heavy atom. The number of sulfone groups is 1. The predicted octanol–water partition coefficient (Wildman–Crippen LogP) is 4.74. The number of thiazole rings is 1. The lowest BCUT2D eigenvalue weighted by Gasteiger charge is -2.27. The molecule has 1 fully saturated rings. The fraction of sp³-hybridized carbons (Fsp3) is 0.300. The molecule has 4 rings (SSSR count). The van der Waals surface area contributed by atoms with E-state index in [4.69, 9.17) is 0 Å². The van der Waals surface area contributed by atoms with E-state index in [0.29, 0.717) is 18.5 Å². The van der Waals surface area contributed by atoms with Crippen LogP contribution in [0.4, 0.5) is 5.69 Å². The zero-order chi connectivity index (χ0) is 19.8. The molecule has 0 bridgehead atoms. The summed E-state index contributed by atoms with van der Waals surface area (Å²) in [6.07, 6.45) is 4.11. The monoisotopic (exact) mass is 432 g/mol. The van der Waals surface area contributed by atoms with Crippen molar-refractivity contribution in [1.82, 2.24) is 4.98 Å². The highest BCUT2D eigenvalue weighted by Crippen LogP contribution is 2.41. The molecule has 1 aliphatic carbocycles. The maximum Gasteiger partial charge on any atom is 0.246 e. The molecule has 5 nitrogen and oxygen atoms in total. The normalized spacial score (nSPS) is 16.3. The van der Waals surface area contributed by atoms with Crippen LogP contribution in [0.1, 0.15) is 25.7 Å². The van der Waals surface area contributed by atoms with E-state index in [1.807, 2.05) is 18.4 Å². The molecule has 1 heterocycles. The van der Waals surface area contributed by atoms with Crippen molar-refractivity contribution in [3.8, 4) is 0 Å².